The lowest BCUT2D eigenvalue weighted by molar-refractivity contribution is 0.160. The van der Waals surface area contributed by atoms with Gasteiger partial charge in [0.1, 0.15) is 0 Å². The predicted octanol–water partition coefficient (Wildman–Crippen LogP) is 3.06. The molecule has 1 saturated heterocycles. The molecule has 1 aromatic rings. The van der Waals surface area contributed by atoms with Gasteiger partial charge < -0.3 is 5.32 Å². The van der Waals surface area contributed by atoms with E-state index in [0.29, 0.717) is 6.04 Å². The van der Waals surface area contributed by atoms with Crippen LogP contribution in [0.15, 0.2) is 18.2 Å². The van der Waals surface area contributed by atoms with Gasteiger partial charge in [0.15, 0.2) is 0 Å². The Balaban J connectivity index is 1.78. The van der Waals surface area contributed by atoms with Gasteiger partial charge in [0.25, 0.3) is 0 Å². The zero-order valence-corrected chi connectivity index (χ0v) is 12.3. The van der Waals surface area contributed by atoms with Crippen LogP contribution in [-0.4, -0.2) is 31.1 Å². The molecule has 0 saturated carbocycles. The van der Waals surface area contributed by atoms with Gasteiger partial charge in [-0.3, -0.25) is 4.90 Å². The van der Waals surface area contributed by atoms with Crippen molar-refractivity contribution in [2.75, 3.05) is 20.1 Å². The zero-order valence-electron chi connectivity index (χ0n) is 12.3. The van der Waals surface area contributed by atoms with E-state index in [9.17, 15) is 0 Å². The Hall–Kier alpha value is -0.860. The maximum absolute atomic E-state index is 3.52. The highest BCUT2D eigenvalue weighted by atomic mass is 15.2. The Bertz CT molecular complexity index is 433. The van der Waals surface area contributed by atoms with Crippen molar-refractivity contribution in [3.63, 3.8) is 0 Å². The molecule has 0 aromatic heterocycles. The van der Waals surface area contributed by atoms with Gasteiger partial charge in [-0.15, -0.1) is 0 Å². The molecule has 0 radical (unpaired) electrons. The molecule has 2 heteroatoms. The topological polar surface area (TPSA) is 15.3 Å². The van der Waals surface area contributed by atoms with E-state index in [1.165, 1.54) is 50.8 Å². The van der Waals surface area contributed by atoms with Crippen LogP contribution in [0.2, 0.25) is 0 Å². The number of nitrogens with zero attached hydrogens (tertiary/aromatic N) is 1. The molecule has 19 heavy (non-hydrogen) atoms. The lowest BCUT2D eigenvalue weighted by Gasteiger charge is -2.33. The molecule has 104 valence electrons. The first-order chi connectivity index (χ1) is 9.25. The van der Waals surface area contributed by atoms with E-state index < -0.39 is 0 Å². The molecule has 1 fully saturated rings. The largest absolute Gasteiger partial charge is 0.317 e. The summed E-state index contributed by atoms with van der Waals surface area (Å²) in [5, 5.41) is 3.52. The minimum absolute atomic E-state index is 0.651. The molecule has 1 N–H and O–H groups in total. The Morgan fingerprint density at radius 3 is 2.95 bits per heavy atom. The molecular formula is C17H26N2. The van der Waals surface area contributed by atoms with E-state index in [1.54, 1.807) is 11.1 Å². The molecule has 0 amide bonds. The summed E-state index contributed by atoms with van der Waals surface area (Å²) in [6.07, 6.45) is 6.53. The summed E-state index contributed by atoms with van der Waals surface area (Å²) in [4.78, 5) is 2.66. The molecule has 1 aliphatic carbocycles. The van der Waals surface area contributed by atoms with Gasteiger partial charge in [0.2, 0.25) is 0 Å². The average Bonchev–Trinajstić information content (AvgIpc) is 2.64. The van der Waals surface area contributed by atoms with Gasteiger partial charge in [-0.25, -0.2) is 0 Å². The van der Waals surface area contributed by atoms with Crippen molar-refractivity contribution in [3.05, 3.63) is 34.9 Å². The van der Waals surface area contributed by atoms with E-state index in [2.05, 4.69) is 42.4 Å². The van der Waals surface area contributed by atoms with Crippen molar-refractivity contribution in [1.29, 1.82) is 0 Å². The molecule has 1 aliphatic heterocycles. The molecule has 1 heterocycles. The molecule has 2 aliphatic rings. The maximum atomic E-state index is 3.52. The lowest BCUT2D eigenvalue weighted by Crippen LogP contribution is -2.35. The molecular weight excluding hydrogens is 232 g/mol. The number of hydrogen-bond acceptors (Lipinski definition) is 2. The van der Waals surface area contributed by atoms with E-state index in [0.717, 1.165) is 6.04 Å². The minimum atomic E-state index is 0.651. The summed E-state index contributed by atoms with van der Waals surface area (Å²) < 4.78 is 0. The Morgan fingerprint density at radius 2 is 2.05 bits per heavy atom. The predicted molar refractivity (Wildman–Crippen MR) is 80.5 cm³/mol. The highest BCUT2D eigenvalue weighted by Gasteiger charge is 2.30. The number of benzene rings is 1. The fourth-order valence-electron chi connectivity index (χ4n) is 3.79. The number of rotatable bonds is 2. The van der Waals surface area contributed by atoms with Gasteiger partial charge >= 0.3 is 0 Å². The quantitative estimate of drug-likeness (QED) is 0.877. The van der Waals surface area contributed by atoms with Crippen LogP contribution in [0.25, 0.3) is 0 Å². The zero-order chi connectivity index (χ0) is 13.2. The molecule has 1 aromatic carbocycles. The van der Waals surface area contributed by atoms with Crippen LogP contribution in [0.4, 0.5) is 0 Å². The van der Waals surface area contributed by atoms with Gasteiger partial charge in [0, 0.05) is 12.1 Å². The van der Waals surface area contributed by atoms with Crippen molar-refractivity contribution in [3.8, 4) is 0 Å². The van der Waals surface area contributed by atoms with Crippen LogP contribution in [0.5, 0.6) is 0 Å². The lowest BCUT2D eigenvalue weighted by atomic mass is 10.0. The summed E-state index contributed by atoms with van der Waals surface area (Å²) in [6.45, 7) is 4.60. The van der Waals surface area contributed by atoms with Crippen LogP contribution in [0.3, 0.4) is 0 Å². The van der Waals surface area contributed by atoms with E-state index in [1.807, 2.05) is 0 Å². The minimum Gasteiger partial charge on any atom is -0.317 e. The summed E-state index contributed by atoms with van der Waals surface area (Å²) in [6, 6.07) is 8.42. The third kappa shape index (κ3) is 2.70. The van der Waals surface area contributed by atoms with Gasteiger partial charge in [-0.2, -0.15) is 0 Å². The number of hydrogen-bond donors (Lipinski definition) is 1. The van der Waals surface area contributed by atoms with E-state index >= 15 is 0 Å². The molecule has 2 nitrogen and oxygen atoms in total. The van der Waals surface area contributed by atoms with Crippen molar-refractivity contribution >= 4 is 0 Å². The highest BCUT2D eigenvalue weighted by Crippen LogP contribution is 2.37. The number of nitrogens with one attached hydrogen (secondary N) is 1. The van der Waals surface area contributed by atoms with Gasteiger partial charge in [-0.1, -0.05) is 23.8 Å². The number of aryl methyl sites for hydroxylation is 2. The summed E-state index contributed by atoms with van der Waals surface area (Å²) in [7, 11) is 2.35. The first-order valence-corrected chi connectivity index (χ1v) is 7.78. The first kappa shape index (κ1) is 13.1. The summed E-state index contributed by atoms with van der Waals surface area (Å²) in [5.41, 5.74) is 4.58. The number of fused-ring (bicyclic) bond motifs is 1. The van der Waals surface area contributed by atoms with Crippen LogP contribution in [-0.2, 0) is 6.42 Å². The summed E-state index contributed by atoms with van der Waals surface area (Å²) >= 11 is 0. The van der Waals surface area contributed by atoms with E-state index in [4.69, 9.17) is 0 Å². The van der Waals surface area contributed by atoms with Crippen molar-refractivity contribution in [2.24, 2.45) is 0 Å². The summed E-state index contributed by atoms with van der Waals surface area (Å²) in [5.74, 6) is 0. The van der Waals surface area contributed by atoms with Crippen molar-refractivity contribution in [2.45, 2.75) is 51.1 Å². The second-order valence-corrected chi connectivity index (χ2v) is 6.26. The van der Waals surface area contributed by atoms with Crippen LogP contribution < -0.4 is 5.32 Å². The third-order valence-electron chi connectivity index (χ3n) is 4.96. The molecule has 2 atom stereocenters. The maximum Gasteiger partial charge on any atom is 0.0354 e. The van der Waals surface area contributed by atoms with Crippen LogP contribution in [0, 0.1) is 6.92 Å². The Labute approximate surface area is 117 Å². The second-order valence-electron chi connectivity index (χ2n) is 6.26. The van der Waals surface area contributed by atoms with Crippen molar-refractivity contribution in [1.82, 2.24) is 10.2 Å². The van der Waals surface area contributed by atoms with Crippen molar-refractivity contribution < 1.29 is 0 Å². The molecule has 0 bridgehead atoms. The SMILES string of the molecule is Cc1ccc2c(c1)C(N(C)C1CCCNCC1)CC2. The third-order valence-corrected chi connectivity index (χ3v) is 4.96. The monoisotopic (exact) mass is 258 g/mol. The average molecular weight is 258 g/mol. The smallest absolute Gasteiger partial charge is 0.0354 e. The van der Waals surface area contributed by atoms with Crippen LogP contribution >= 0.6 is 0 Å². The standard InChI is InChI=1S/C17H26N2/c1-13-5-6-14-7-8-17(16(14)12-13)19(2)15-4-3-10-18-11-9-15/h5-6,12,15,17-18H,3-4,7-11H2,1-2H3. The first-order valence-electron chi connectivity index (χ1n) is 7.78. The highest BCUT2D eigenvalue weighted by molar-refractivity contribution is 5.37. The van der Waals surface area contributed by atoms with Gasteiger partial charge in [-0.05, 0) is 70.3 Å². The Kier molecular flexibility index (Phi) is 3.90. The van der Waals surface area contributed by atoms with Gasteiger partial charge in [0.05, 0.1) is 0 Å². The van der Waals surface area contributed by atoms with Crippen LogP contribution in [0.1, 0.15) is 48.4 Å². The second kappa shape index (κ2) is 5.64. The molecule has 2 unspecified atom stereocenters. The fraction of sp³-hybridized carbons (Fsp3) is 0.647. The van der Waals surface area contributed by atoms with E-state index in [-0.39, 0.29) is 0 Å². The Morgan fingerprint density at radius 1 is 1.16 bits per heavy atom. The molecule has 0 spiro atoms. The molecule has 3 rings (SSSR count). The normalized spacial score (nSPS) is 27.3. The fourth-order valence-corrected chi connectivity index (χ4v) is 3.79.